The molecule has 13 heavy (non-hydrogen) atoms. The zero-order valence-corrected chi connectivity index (χ0v) is 7.61. The number of nitrogens with one attached hydrogen (secondary N) is 1. The Bertz CT molecular complexity index is 264. The van der Waals surface area contributed by atoms with Crippen molar-refractivity contribution in [2.24, 2.45) is 0 Å². The van der Waals surface area contributed by atoms with E-state index in [1.165, 1.54) is 11.6 Å². The van der Waals surface area contributed by atoms with Crippen LogP contribution in [-0.2, 0) is 19.6 Å². The summed E-state index contributed by atoms with van der Waals surface area (Å²) in [6.45, 7) is 0.801. The maximum absolute atomic E-state index is 11.6. The van der Waals surface area contributed by atoms with Crippen molar-refractivity contribution < 1.29 is 26.7 Å². The lowest BCUT2D eigenvalue weighted by Gasteiger charge is -2.04. The fraction of sp³-hybridized carbons (Fsp3) is 0.800. The molecule has 0 saturated carbocycles. The maximum Gasteiger partial charge on any atom is 0.350 e. The summed E-state index contributed by atoms with van der Waals surface area (Å²) in [6.07, 6.45) is 0. The zero-order chi connectivity index (χ0) is 10.5. The summed E-state index contributed by atoms with van der Waals surface area (Å²) >= 11 is 0. The highest BCUT2D eigenvalue weighted by atomic mass is 32.2. The van der Waals surface area contributed by atoms with Gasteiger partial charge in [0.05, 0.1) is 6.61 Å². The minimum Gasteiger partial charge on any atom is -0.465 e. The van der Waals surface area contributed by atoms with Crippen LogP contribution in [0.3, 0.4) is 0 Å². The Morgan fingerprint density at radius 2 is 2.08 bits per heavy atom. The van der Waals surface area contributed by atoms with Gasteiger partial charge in [0.2, 0.25) is 0 Å². The molecule has 5 nitrogen and oxygen atoms in total. The first-order valence-electron chi connectivity index (χ1n) is 3.32. The molecule has 0 bridgehead atoms. The number of esters is 1. The molecule has 0 aliphatic rings. The first-order chi connectivity index (χ1) is 5.90. The lowest BCUT2D eigenvalue weighted by molar-refractivity contribution is -0.141. The second kappa shape index (κ2) is 5.07. The summed E-state index contributed by atoms with van der Waals surface area (Å²) in [4.78, 5) is 10.5. The van der Waals surface area contributed by atoms with Crippen LogP contribution in [0, 0.1) is 0 Å². The quantitative estimate of drug-likeness (QED) is 0.641. The third-order valence-corrected chi connectivity index (χ3v) is 1.97. The molecule has 0 spiro atoms. The number of rotatable bonds is 5. The normalized spacial score (nSPS) is 11.7. The van der Waals surface area contributed by atoms with Crippen LogP contribution >= 0.6 is 0 Å². The summed E-state index contributed by atoms with van der Waals surface area (Å²) in [6, 6.07) is 0. The standard InChI is InChI=1S/C5H9F2NO4S/c1-2-12-4(9)3-8-13(10,11)5(6)7/h5,8H,2-3H2,1H3. The third kappa shape index (κ3) is 4.73. The van der Waals surface area contributed by atoms with E-state index in [-0.39, 0.29) is 6.61 Å². The SMILES string of the molecule is CCOC(=O)CNS(=O)(=O)C(F)F. The molecule has 0 amide bonds. The minimum atomic E-state index is -4.70. The van der Waals surface area contributed by atoms with E-state index < -0.39 is 28.3 Å². The van der Waals surface area contributed by atoms with Crippen molar-refractivity contribution >= 4 is 16.0 Å². The van der Waals surface area contributed by atoms with Gasteiger partial charge in [0.15, 0.2) is 0 Å². The molecule has 0 heterocycles. The number of hydrogen-bond donors (Lipinski definition) is 1. The van der Waals surface area contributed by atoms with E-state index >= 15 is 0 Å². The van der Waals surface area contributed by atoms with E-state index in [9.17, 15) is 22.0 Å². The molecule has 78 valence electrons. The molecular formula is C5H9F2NO4S. The average molecular weight is 217 g/mol. The van der Waals surface area contributed by atoms with Crippen LogP contribution in [0.15, 0.2) is 0 Å². The molecule has 8 heteroatoms. The second-order valence-electron chi connectivity index (χ2n) is 1.93. The van der Waals surface area contributed by atoms with Crippen molar-refractivity contribution in [2.75, 3.05) is 13.2 Å². The van der Waals surface area contributed by atoms with Crippen LogP contribution < -0.4 is 4.72 Å². The summed E-state index contributed by atoms with van der Waals surface area (Å²) < 4.78 is 49.7. The molecule has 0 radical (unpaired) electrons. The van der Waals surface area contributed by atoms with Gasteiger partial charge in [-0.2, -0.15) is 13.5 Å². The van der Waals surface area contributed by atoms with Crippen LogP contribution in [0.1, 0.15) is 6.92 Å². The van der Waals surface area contributed by atoms with Crippen molar-refractivity contribution in [1.82, 2.24) is 4.72 Å². The van der Waals surface area contributed by atoms with E-state index in [4.69, 9.17) is 0 Å². The molecule has 1 N–H and O–H groups in total. The molecular weight excluding hydrogens is 208 g/mol. The average Bonchev–Trinajstić information content (AvgIpc) is 2.01. The molecule has 0 atom stereocenters. The molecule has 0 saturated heterocycles. The van der Waals surface area contributed by atoms with Gasteiger partial charge in [-0.1, -0.05) is 0 Å². The lowest BCUT2D eigenvalue weighted by atomic mass is 10.7. The fourth-order valence-electron chi connectivity index (χ4n) is 0.435. The first-order valence-corrected chi connectivity index (χ1v) is 4.87. The van der Waals surface area contributed by atoms with Crippen LogP contribution in [0.4, 0.5) is 8.78 Å². The van der Waals surface area contributed by atoms with Crippen molar-refractivity contribution in [1.29, 1.82) is 0 Å². The number of ether oxygens (including phenoxy) is 1. The highest BCUT2D eigenvalue weighted by Crippen LogP contribution is 2.00. The van der Waals surface area contributed by atoms with Gasteiger partial charge in [0.25, 0.3) is 10.0 Å². The van der Waals surface area contributed by atoms with Gasteiger partial charge >= 0.3 is 11.7 Å². The minimum absolute atomic E-state index is 0.0647. The lowest BCUT2D eigenvalue weighted by Crippen LogP contribution is -2.34. The third-order valence-electron chi connectivity index (χ3n) is 0.958. The van der Waals surface area contributed by atoms with E-state index in [1.807, 2.05) is 0 Å². The molecule has 0 fully saturated rings. The predicted molar refractivity (Wildman–Crippen MR) is 39.6 cm³/mol. The Kier molecular flexibility index (Phi) is 4.78. The van der Waals surface area contributed by atoms with Crippen molar-refractivity contribution in [2.45, 2.75) is 12.7 Å². The fourth-order valence-corrected chi connectivity index (χ4v) is 0.880. The Morgan fingerprint density at radius 3 is 2.46 bits per heavy atom. The van der Waals surface area contributed by atoms with Crippen molar-refractivity contribution in [3.63, 3.8) is 0 Å². The number of carbonyl (C=O) groups is 1. The Balaban J connectivity index is 3.96. The largest absolute Gasteiger partial charge is 0.465 e. The predicted octanol–water partition coefficient (Wildman–Crippen LogP) is -0.308. The van der Waals surface area contributed by atoms with E-state index in [0.29, 0.717) is 0 Å². The van der Waals surface area contributed by atoms with Gasteiger partial charge in [-0.25, -0.2) is 8.42 Å². The molecule has 0 unspecified atom stereocenters. The first kappa shape index (κ1) is 12.2. The van der Waals surface area contributed by atoms with Crippen LogP contribution in [0.5, 0.6) is 0 Å². The molecule has 0 aromatic rings. The van der Waals surface area contributed by atoms with E-state index in [2.05, 4.69) is 4.74 Å². The molecule has 0 rings (SSSR count). The topological polar surface area (TPSA) is 72.5 Å². The Hall–Kier alpha value is -0.760. The van der Waals surface area contributed by atoms with E-state index in [1.54, 1.807) is 0 Å². The summed E-state index contributed by atoms with van der Waals surface area (Å²) in [7, 11) is -4.70. The van der Waals surface area contributed by atoms with E-state index in [0.717, 1.165) is 0 Å². The molecule has 0 aliphatic carbocycles. The monoisotopic (exact) mass is 217 g/mol. The number of carbonyl (C=O) groups excluding carboxylic acids is 1. The summed E-state index contributed by atoms with van der Waals surface area (Å²) in [5, 5.41) is 0. The highest BCUT2D eigenvalue weighted by Gasteiger charge is 2.24. The van der Waals surface area contributed by atoms with Gasteiger partial charge in [-0.3, -0.25) is 4.79 Å². The van der Waals surface area contributed by atoms with Gasteiger partial charge in [0.1, 0.15) is 6.54 Å². The summed E-state index contributed by atoms with van der Waals surface area (Å²) in [5.74, 6) is -4.44. The molecule has 0 aromatic heterocycles. The molecule has 0 aromatic carbocycles. The maximum atomic E-state index is 11.6. The highest BCUT2D eigenvalue weighted by molar-refractivity contribution is 7.89. The van der Waals surface area contributed by atoms with Gasteiger partial charge in [0, 0.05) is 0 Å². The van der Waals surface area contributed by atoms with Crippen molar-refractivity contribution in [3.05, 3.63) is 0 Å². The van der Waals surface area contributed by atoms with Crippen molar-refractivity contribution in [3.8, 4) is 0 Å². The van der Waals surface area contributed by atoms with Crippen LogP contribution in [-0.4, -0.2) is 33.3 Å². The Labute approximate surface area is 74.1 Å². The van der Waals surface area contributed by atoms with Gasteiger partial charge in [-0.15, -0.1) is 0 Å². The molecule has 0 aliphatic heterocycles. The number of halogens is 2. The summed E-state index contributed by atoms with van der Waals surface area (Å²) in [5.41, 5.74) is 0. The van der Waals surface area contributed by atoms with Crippen LogP contribution in [0.25, 0.3) is 0 Å². The van der Waals surface area contributed by atoms with Gasteiger partial charge in [-0.05, 0) is 6.92 Å². The number of alkyl halides is 2. The Morgan fingerprint density at radius 1 is 1.54 bits per heavy atom. The number of sulfonamides is 1. The smallest absolute Gasteiger partial charge is 0.350 e. The zero-order valence-electron chi connectivity index (χ0n) is 6.79. The second-order valence-corrected chi connectivity index (χ2v) is 3.67. The number of hydrogen-bond acceptors (Lipinski definition) is 4. The van der Waals surface area contributed by atoms with Crippen LogP contribution in [0.2, 0.25) is 0 Å². The van der Waals surface area contributed by atoms with Gasteiger partial charge < -0.3 is 4.74 Å².